The summed E-state index contributed by atoms with van der Waals surface area (Å²) in [7, 11) is 3.21. The molecule has 3 aromatic rings. The van der Waals surface area contributed by atoms with Crippen molar-refractivity contribution in [2.45, 2.75) is 11.7 Å². The summed E-state index contributed by atoms with van der Waals surface area (Å²) in [6.07, 6.45) is 0. The second-order valence-corrected chi connectivity index (χ2v) is 6.86. The predicted molar refractivity (Wildman–Crippen MR) is 113 cm³/mol. The molecule has 0 spiro atoms. The Morgan fingerprint density at radius 2 is 1.59 bits per heavy atom. The van der Waals surface area contributed by atoms with E-state index in [-0.39, 0.29) is 11.7 Å². The molecule has 0 aliphatic carbocycles. The van der Waals surface area contributed by atoms with Gasteiger partial charge in [0.25, 0.3) is 0 Å². The van der Waals surface area contributed by atoms with E-state index in [0.717, 1.165) is 17.2 Å². The fourth-order valence-corrected chi connectivity index (χ4v) is 3.09. The molecule has 0 unspecified atom stereocenters. The van der Waals surface area contributed by atoms with E-state index in [1.807, 2.05) is 24.3 Å². The van der Waals surface area contributed by atoms with Gasteiger partial charge in [0, 0.05) is 11.4 Å². The maximum absolute atomic E-state index is 12.1. The molecular weight excluding hydrogens is 392 g/mol. The number of benzene rings is 2. The monoisotopic (exact) mass is 414 g/mol. The smallest absolute Gasteiger partial charge is 0.234 e. The lowest BCUT2D eigenvalue weighted by Crippen LogP contribution is -2.18. The third kappa shape index (κ3) is 5.55. The van der Waals surface area contributed by atoms with Crippen LogP contribution in [0.1, 0.15) is 5.82 Å². The van der Waals surface area contributed by atoms with Crippen molar-refractivity contribution in [3.05, 3.63) is 54.4 Å². The highest BCUT2D eigenvalue weighted by Gasteiger charge is 2.12. The van der Waals surface area contributed by atoms with Gasteiger partial charge in [0.05, 0.1) is 26.5 Å². The Labute approximate surface area is 172 Å². The number of carbonyl (C=O) groups is 1. The number of amides is 1. The first-order valence-corrected chi connectivity index (χ1v) is 9.71. The molecule has 4 N–H and O–H groups in total. The van der Waals surface area contributed by atoms with Crippen LogP contribution in [0.15, 0.2) is 53.7 Å². The molecular formula is C19H22N6O3S. The number of nitrogens with two attached hydrogens (primary N) is 1. The number of thioether (sulfide) groups is 1. The summed E-state index contributed by atoms with van der Waals surface area (Å²) >= 11 is 1.21. The van der Waals surface area contributed by atoms with E-state index in [2.05, 4.69) is 20.8 Å². The zero-order valence-electron chi connectivity index (χ0n) is 16.1. The lowest BCUT2D eigenvalue weighted by Gasteiger charge is -2.08. The van der Waals surface area contributed by atoms with Gasteiger partial charge in [0.15, 0.2) is 5.82 Å². The normalized spacial score (nSPS) is 10.4. The molecule has 0 aliphatic rings. The van der Waals surface area contributed by atoms with Gasteiger partial charge in [-0.3, -0.25) is 4.79 Å². The van der Waals surface area contributed by atoms with Gasteiger partial charge < -0.3 is 25.9 Å². The topological polar surface area (TPSA) is 116 Å². The Kier molecular flexibility index (Phi) is 6.80. The molecule has 29 heavy (non-hydrogen) atoms. The number of ether oxygens (including phenoxy) is 2. The van der Waals surface area contributed by atoms with Crippen molar-refractivity contribution in [3.8, 4) is 11.5 Å². The molecule has 0 saturated heterocycles. The Morgan fingerprint density at radius 1 is 1.00 bits per heavy atom. The van der Waals surface area contributed by atoms with Crippen LogP contribution in [0.25, 0.3) is 0 Å². The Balaban J connectivity index is 1.49. The summed E-state index contributed by atoms with van der Waals surface area (Å²) in [5.41, 5.74) is 1.59. The molecule has 3 rings (SSSR count). The van der Waals surface area contributed by atoms with Crippen LogP contribution in [-0.4, -0.2) is 40.8 Å². The van der Waals surface area contributed by atoms with E-state index in [4.69, 9.17) is 15.3 Å². The predicted octanol–water partition coefficient (Wildman–Crippen LogP) is 2.35. The standard InChI is InChI=1S/C19H22N6O3S/c1-27-15-7-3-13(4-8-15)21-11-17-23-24-19(25(17)20)29-12-18(26)22-14-5-9-16(28-2)10-6-14/h3-10,21H,11-12,20H2,1-2H3,(H,22,26). The molecule has 0 fully saturated rings. The maximum Gasteiger partial charge on any atom is 0.234 e. The van der Waals surface area contributed by atoms with Crippen molar-refractivity contribution in [1.29, 1.82) is 0 Å². The summed E-state index contributed by atoms with van der Waals surface area (Å²) in [6.45, 7) is 0.397. The van der Waals surface area contributed by atoms with Gasteiger partial charge in [-0.1, -0.05) is 11.8 Å². The van der Waals surface area contributed by atoms with Crippen molar-refractivity contribution in [3.63, 3.8) is 0 Å². The molecule has 1 heterocycles. The van der Waals surface area contributed by atoms with E-state index in [0.29, 0.717) is 23.2 Å². The number of carbonyl (C=O) groups excluding carboxylic acids is 1. The minimum absolute atomic E-state index is 0.160. The SMILES string of the molecule is COc1ccc(NCc2nnc(SCC(=O)Nc3ccc(OC)cc3)n2N)cc1. The van der Waals surface area contributed by atoms with Crippen molar-refractivity contribution in [2.75, 3.05) is 36.4 Å². The Bertz CT molecular complexity index is 944. The fourth-order valence-electron chi connectivity index (χ4n) is 2.42. The lowest BCUT2D eigenvalue weighted by atomic mass is 10.3. The number of methoxy groups -OCH3 is 2. The second-order valence-electron chi connectivity index (χ2n) is 5.92. The second kappa shape index (κ2) is 9.69. The minimum atomic E-state index is -0.166. The maximum atomic E-state index is 12.1. The Morgan fingerprint density at radius 3 is 2.17 bits per heavy atom. The largest absolute Gasteiger partial charge is 0.497 e. The van der Waals surface area contributed by atoms with Crippen LogP contribution in [0, 0.1) is 0 Å². The van der Waals surface area contributed by atoms with E-state index in [9.17, 15) is 4.79 Å². The van der Waals surface area contributed by atoms with Crippen molar-refractivity contribution in [1.82, 2.24) is 14.9 Å². The number of hydrogen-bond acceptors (Lipinski definition) is 8. The van der Waals surface area contributed by atoms with Crippen molar-refractivity contribution < 1.29 is 14.3 Å². The number of rotatable bonds is 9. The van der Waals surface area contributed by atoms with Gasteiger partial charge in [-0.25, -0.2) is 4.68 Å². The van der Waals surface area contributed by atoms with Gasteiger partial charge in [-0.2, -0.15) is 0 Å². The molecule has 2 aromatic carbocycles. The molecule has 0 radical (unpaired) electrons. The zero-order chi connectivity index (χ0) is 20.6. The lowest BCUT2D eigenvalue weighted by molar-refractivity contribution is -0.113. The quantitative estimate of drug-likeness (QED) is 0.361. The molecule has 0 saturated carbocycles. The third-order valence-corrected chi connectivity index (χ3v) is 4.92. The molecule has 0 bridgehead atoms. The molecule has 0 aliphatic heterocycles. The van der Waals surface area contributed by atoms with Crippen LogP contribution in [0.3, 0.4) is 0 Å². The fraction of sp³-hybridized carbons (Fsp3) is 0.211. The number of nitrogens with one attached hydrogen (secondary N) is 2. The molecule has 0 atom stereocenters. The van der Waals surface area contributed by atoms with Crippen LogP contribution in [-0.2, 0) is 11.3 Å². The van der Waals surface area contributed by atoms with Crippen LogP contribution >= 0.6 is 11.8 Å². The molecule has 1 amide bonds. The van der Waals surface area contributed by atoms with Crippen molar-refractivity contribution in [2.24, 2.45) is 0 Å². The number of nitrogens with zero attached hydrogens (tertiary/aromatic N) is 3. The van der Waals surface area contributed by atoms with E-state index >= 15 is 0 Å². The third-order valence-electron chi connectivity index (χ3n) is 3.98. The average molecular weight is 414 g/mol. The number of hydrogen-bond donors (Lipinski definition) is 3. The van der Waals surface area contributed by atoms with Crippen LogP contribution in [0.2, 0.25) is 0 Å². The highest BCUT2D eigenvalue weighted by Crippen LogP contribution is 2.19. The van der Waals surface area contributed by atoms with Gasteiger partial charge in [-0.05, 0) is 48.5 Å². The van der Waals surface area contributed by atoms with Gasteiger partial charge in [0.1, 0.15) is 11.5 Å². The first-order valence-electron chi connectivity index (χ1n) is 8.73. The summed E-state index contributed by atoms with van der Waals surface area (Å²) in [5.74, 6) is 8.11. The summed E-state index contributed by atoms with van der Waals surface area (Å²) in [6, 6.07) is 14.6. The number of anilines is 2. The molecule has 1 aromatic heterocycles. The first kappa shape index (κ1) is 20.3. The molecule has 10 heteroatoms. The summed E-state index contributed by atoms with van der Waals surface area (Å²) < 4.78 is 11.6. The first-order chi connectivity index (χ1) is 14.1. The van der Waals surface area contributed by atoms with Crippen LogP contribution < -0.4 is 25.9 Å². The van der Waals surface area contributed by atoms with E-state index in [1.54, 1.807) is 38.5 Å². The summed E-state index contributed by atoms with van der Waals surface area (Å²) in [5, 5.41) is 14.6. The van der Waals surface area contributed by atoms with Gasteiger partial charge in [0.2, 0.25) is 11.1 Å². The average Bonchev–Trinajstić information content (AvgIpc) is 3.11. The van der Waals surface area contributed by atoms with Crippen LogP contribution in [0.5, 0.6) is 11.5 Å². The zero-order valence-corrected chi connectivity index (χ0v) is 16.9. The summed E-state index contributed by atoms with van der Waals surface area (Å²) in [4.78, 5) is 12.1. The molecule has 152 valence electrons. The van der Waals surface area contributed by atoms with Crippen molar-refractivity contribution >= 4 is 29.0 Å². The Hall–Kier alpha value is -3.40. The van der Waals surface area contributed by atoms with E-state index < -0.39 is 0 Å². The minimum Gasteiger partial charge on any atom is -0.497 e. The number of nitrogen functional groups attached to an aromatic ring is 1. The highest BCUT2D eigenvalue weighted by molar-refractivity contribution is 7.99. The van der Waals surface area contributed by atoms with Gasteiger partial charge >= 0.3 is 0 Å². The van der Waals surface area contributed by atoms with E-state index in [1.165, 1.54) is 16.4 Å². The number of aromatic nitrogens is 3. The molecule has 9 nitrogen and oxygen atoms in total. The van der Waals surface area contributed by atoms with Gasteiger partial charge in [-0.15, -0.1) is 10.2 Å². The highest BCUT2D eigenvalue weighted by atomic mass is 32.2. The van der Waals surface area contributed by atoms with Crippen LogP contribution in [0.4, 0.5) is 11.4 Å².